The second kappa shape index (κ2) is 8.47. The van der Waals surface area contributed by atoms with Gasteiger partial charge in [-0.05, 0) is 48.9 Å². The van der Waals surface area contributed by atoms with Gasteiger partial charge in [-0.15, -0.1) is 0 Å². The van der Waals surface area contributed by atoms with Crippen LogP contribution in [0.5, 0.6) is 0 Å². The average molecular weight is 443 g/mol. The molecule has 0 unspecified atom stereocenters. The Hall–Kier alpha value is -1.37. The van der Waals surface area contributed by atoms with E-state index in [0.29, 0.717) is 0 Å². The van der Waals surface area contributed by atoms with Crippen LogP contribution in [0, 0.1) is 0 Å². The molecule has 23 heavy (non-hydrogen) atoms. The van der Waals surface area contributed by atoms with E-state index in [-0.39, 0.29) is 6.61 Å². The lowest BCUT2D eigenvalue weighted by Gasteiger charge is -2.24. The van der Waals surface area contributed by atoms with Gasteiger partial charge >= 0.3 is 5.97 Å². The molecule has 0 aromatic heterocycles. The summed E-state index contributed by atoms with van der Waals surface area (Å²) in [5, 5.41) is 13.6. The lowest BCUT2D eigenvalue weighted by atomic mass is 10.0. The van der Waals surface area contributed by atoms with Crippen molar-refractivity contribution in [2.45, 2.75) is 19.1 Å². The number of carbonyl (C=O) groups is 1. The molecular formula is C17H17Br2NO3. The Labute approximate surface area is 152 Å². The number of aliphatic hydroxyl groups is 1. The maximum Gasteiger partial charge on any atom is 0.337 e. The summed E-state index contributed by atoms with van der Waals surface area (Å²) in [6.07, 6.45) is -1.31. The van der Waals surface area contributed by atoms with Crippen LogP contribution >= 0.6 is 31.9 Å². The summed E-state index contributed by atoms with van der Waals surface area (Å²) in [7, 11) is 0. The quantitative estimate of drug-likeness (QED) is 0.655. The average Bonchev–Trinajstić information content (AvgIpc) is 2.55. The molecule has 4 nitrogen and oxygen atoms in total. The number of rotatable bonds is 6. The van der Waals surface area contributed by atoms with Crippen molar-refractivity contribution in [2.75, 3.05) is 11.9 Å². The fourth-order valence-corrected chi connectivity index (χ4v) is 2.63. The van der Waals surface area contributed by atoms with Crippen molar-refractivity contribution in [1.29, 1.82) is 0 Å². The minimum atomic E-state index is -1.31. The SMILES string of the molecule is CCOC(=O)[C@@H](O)[C@H](Nc1ccc(Br)cc1)c1ccc(Br)cc1. The van der Waals surface area contributed by atoms with Gasteiger partial charge in [0.1, 0.15) is 0 Å². The van der Waals surface area contributed by atoms with E-state index in [4.69, 9.17) is 4.74 Å². The fraction of sp³-hybridized carbons (Fsp3) is 0.235. The van der Waals surface area contributed by atoms with E-state index in [9.17, 15) is 9.90 Å². The minimum absolute atomic E-state index is 0.223. The number of hydrogen-bond acceptors (Lipinski definition) is 4. The van der Waals surface area contributed by atoms with Crippen LogP contribution in [0.2, 0.25) is 0 Å². The number of carbonyl (C=O) groups excluding carboxylic acids is 1. The molecule has 0 heterocycles. The lowest BCUT2D eigenvalue weighted by Crippen LogP contribution is -2.34. The predicted molar refractivity (Wildman–Crippen MR) is 97.3 cm³/mol. The number of esters is 1. The Kier molecular flexibility index (Phi) is 6.62. The van der Waals surface area contributed by atoms with E-state index in [1.807, 2.05) is 48.5 Å². The first-order valence-electron chi connectivity index (χ1n) is 7.13. The predicted octanol–water partition coefficient (Wildman–Crippen LogP) is 4.29. The highest BCUT2D eigenvalue weighted by molar-refractivity contribution is 9.10. The van der Waals surface area contributed by atoms with Crippen molar-refractivity contribution in [2.24, 2.45) is 0 Å². The maximum atomic E-state index is 11.9. The number of hydrogen-bond donors (Lipinski definition) is 2. The van der Waals surface area contributed by atoms with Gasteiger partial charge in [0.2, 0.25) is 0 Å². The highest BCUT2D eigenvalue weighted by Gasteiger charge is 2.28. The molecule has 122 valence electrons. The number of anilines is 1. The Balaban J connectivity index is 2.28. The Bertz CT molecular complexity index is 644. The van der Waals surface area contributed by atoms with Crippen molar-refractivity contribution < 1.29 is 14.6 Å². The van der Waals surface area contributed by atoms with Crippen LogP contribution in [0.4, 0.5) is 5.69 Å². The molecular weight excluding hydrogens is 426 g/mol. The third-order valence-electron chi connectivity index (χ3n) is 3.24. The van der Waals surface area contributed by atoms with Gasteiger partial charge in [0, 0.05) is 14.6 Å². The lowest BCUT2D eigenvalue weighted by molar-refractivity contribution is -0.153. The maximum absolute atomic E-state index is 11.9. The van der Waals surface area contributed by atoms with Gasteiger partial charge in [0.15, 0.2) is 6.10 Å². The van der Waals surface area contributed by atoms with Crippen LogP contribution in [0.25, 0.3) is 0 Å². The van der Waals surface area contributed by atoms with Gasteiger partial charge in [-0.25, -0.2) is 4.79 Å². The summed E-state index contributed by atoms with van der Waals surface area (Å²) in [5.41, 5.74) is 1.58. The molecule has 0 aliphatic carbocycles. The van der Waals surface area contributed by atoms with E-state index in [0.717, 1.165) is 20.2 Å². The largest absolute Gasteiger partial charge is 0.464 e. The summed E-state index contributed by atoms with van der Waals surface area (Å²) in [6, 6.07) is 14.3. The summed E-state index contributed by atoms with van der Waals surface area (Å²) in [6.45, 7) is 1.93. The van der Waals surface area contributed by atoms with Crippen LogP contribution in [-0.2, 0) is 9.53 Å². The molecule has 6 heteroatoms. The standard InChI is InChI=1S/C17H17Br2NO3/c1-2-23-17(22)16(21)15(11-3-5-12(18)6-4-11)20-14-9-7-13(19)8-10-14/h3-10,15-16,20-21H,2H2,1H3/t15-,16+/m1/s1. The topological polar surface area (TPSA) is 58.6 Å². The van der Waals surface area contributed by atoms with Crippen LogP contribution in [-0.4, -0.2) is 23.8 Å². The van der Waals surface area contributed by atoms with E-state index in [1.165, 1.54) is 0 Å². The number of halogens is 2. The molecule has 0 fully saturated rings. The second-order valence-corrected chi connectivity index (χ2v) is 6.71. The van der Waals surface area contributed by atoms with Crippen molar-refractivity contribution in [3.8, 4) is 0 Å². The zero-order chi connectivity index (χ0) is 16.8. The van der Waals surface area contributed by atoms with Crippen LogP contribution in [0.3, 0.4) is 0 Å². The third kappa shape index (κ3) is 5.06. The number of benzene rings is 2. The van der Waals surface area contributed by atoms with Gasteiger partial charge in [-0.1, -0.05) is 44.0 Å². The summed E-state index contributed by atoms with van der Waals surface area (Å²) < 4.78 is 6.82. The van der Waals surface area contributed by atoms with Gasteiger partial charge < -0.3 is 15.2 Å². The molecule has 0 saturated carbocycles. The molecule has 0 radical (unpaired) electrons. The molecule has 0 saturated heterocycles. The smallest absolute Gasteiger partial charge is 0.337 e. The second-order valence-electron chi connectivity index (χ2n) is 4.88. The first kappa shape index (κ1) is 18.0. The van der Waals surface area contributed by atoms with Crippen molar-refractivity contribution in [1.82, 2.24) is 0 Å². The normalized spacial score (nSPS) is 13.2. The molecule has 0 aliphatic heterocycles. The molecule has 2 aromatic rings. The van der Waals surface area contributed by atoms with E-state index in [2.05, 4.69) is 37.2 Å². The van der Waals surface area contributed by atoms with Crippen LogP contribution < -0.4 is 5.32 Å². The zero-order valence-corrected chi connectivity index (χ0v) is 15.7. The minimum Gasteiger partial charge on any atom is -0.464 e. The summed E-state index contributed by atoms with van der Waals surface area (Å²) in [5.74, 6) is -0.648. The zero-order valence-electron chi connectivity index (χ0n) is 12.5. The van der Waals surface area contributed by atoms with Crippen molar-refractivity contribution in [3.05, 3.63) is 63.0 Å². The molecule has 0 spiro atoms. The highest BCUT2D eigenvalue weighted by atomic mass is 79.9. The molecule has 2 N–H and O–H groups in total. The number of ether oxygens (including phenoxy) is 1. The number of nitrogens with one attached hydrogen (secondary N) is 1. The molecule has 2 atom stereocenters. The third-order valence-corrected chi connectivity index (χ3v) is 4.30. The van der Waals surface area contributed by atoms with Gasteiger partial charge in [0.25, 0.3) is 0 Å². The molecule has 0 amide bonds. The Morgan fingerprint density at radius 2 is 1.61 bits per heavy atom. The Morgan fingerprint density at radius 1 is 1.09 bits per heavy atom. The van der Waals surface area contributed by atoms with E-state index < -0.39 is 18.1 Å². The Morgan fingerprint density at radius 3 is 2.13 bits per heavy atom. The van der Waals surface area contributed by atoms with Crippen molar-refractivity contribution >= 4 is 43.5 Å². The first-order chi connectivity index (χ1) is 11.0. The van der Waals surface area contributed by atoms with Crippen LogP contribution in [0.15, 0.2) is 57.5 Å². The van der Waals surface area contributed by atoms with Crippen LogP contribution in [0.1, 0.15) is 18.5 Å². The first-order valence-corrected chi connectivity index (χ1v) is 8.72. The van der Waals surface area contributed by atoms with Crippen molar-refractivity contribution in [3.63, 3.8) is 0 Å². The van der Waals surface area contributed by atoms with E-state index in [1.54, 1.807) is 6.92 Å². The van der Waals surface area contributed by atoms with Gasteiger partial charge in [-0.2, -0.15) is 0 Å². The molecule has 0 bridgehead atoms. The summed E-state index contributed by atoms with van der Waals surface area (Å²) >= 11 is 6.76. The van der Waals surface area contributed by atoms with Gasteiger partial charge in [-0.3, -0.25) is 0 Å². The molecule has 0 aliphatic rings. The van der Waals surface area contributed by atoms with Gasteiger partial charge in [0.05, 0.1) is 12.6 Å². The monoisotopic (exact) mass is 441 g/mol. The summed E-state index contributed by atoms with van der Waals surface area (Å²) in [4.78, 5) is 11.9. The fourth-order valence-electron chi connectivity index (χ4n) is 2.10. The number of aliphatic hydroxyl groups excluding tert-OH is 1. The molecule has 2 rings (SSSR count). The highest BCUT2D eigenvalue weighted by Crippen LogP contribution is 2.26. The molecule has 2 aromatic carbocycles. The van der Waals surface area contributed by atoms with E-state index >= 15 is 0 Å².